The van der Waals surface area contributed by atoms with Crippen molar-refractivity contribution in [3.8, 4) is 16.2 Å². The second-order valence-corrected chi connectivity index (χ2v) is 8.93. The minimum Gasteiger partial charge on any atom is -0.488 e. The molecule has 1 saturated heterocycles. The highest BCUT2D eigenvalue weighted by Crippen LogP contribution is 2.42. The Bertz CT molecular complexity index is 1060. The zero-order chi connectivity index (χ0) is 20.0. The number of carbonyl (C=O) groups is 1. The van der Waals surface area contributed by atoms with Crippen molar-refractivity contribution in [1.82, 2.24) is 4.90 Å². The molecule has 1 amide bonds. The minimum absolute atomic E-state index is 0.136. The second kappa shape index (κ2) is 7.23. The van der Waals surface area contributed by atoms with Gasteiger partial charge in [-0.2, -0.15) is 0 Å². The minimum atomic E-state index is 0.136. The molecule has 3 heterocycles. The molecule has 1 atom stereocenters. The highest BCUT2D eigenvalue weighted by atomic mass is 32.1. The van der Waals surface area contributed by atoms with Gasteiger partial charge in [0, 0.05) is 47.4 Å². The van der Waals surface area contributed by atoms with Crippen molar-refractivity contribution in [1.29, 1.82) is 0 Å². The largest absolute Gasteiger partial charge is 0.488 e. The molecule has 1 aromatic heterocycles. The number of piperazine rings is 1. The number of anilines is 1. The van der Waals surface area contributed by atoms with Gasteiger partial charge in [0.1, 0.15) is 12.4 Å². The van der Waals surface area contributed by atoms with Crippen LogP contribution in [0.5, 0.6) is 5.75 Å². The van der Waals surface area contributed by atoms with Crippen LogP contribution in [-0.4, -0.2) is 36.5 Å². The number of hydrogen-bond acceptors (Lipinski definition) is 4. The molecule has 2 aliphatic heterocycles. The number of benzene rings is 2. The Kier molecular flexibility index (Phi) is 4.55. The van der Waals surface area contributed by atoms with E-state index in [2.05, 4.69) is 49.1 Å². The van der Waals surface area contributed by atoms with E-state index in [9.17, 15) is 4.79 Å². The molecule has 0 radical (unpaired) electrons. The van der Waals surface area contributed by atoms with Crippen molar-refractivity contribution < 1.29 is 9.53 Å². The number of amides is 1. The third-order valence-electron chi connectivity index (χ3n) is 5.81. The normalized spacial score (nSPS) is 18.1. The number of nitrogens with zero attached hydrogens (tertiary/aromatic N) is 2. The Balaban J connectivity index is 1.34. The zero-order valence-electron chi connectivity index (χ0n) is 16.7. The van der Waals surface area contributed by atoms with Gasteiger partial charge in [0.05, 0.1) is 4.88 Å². The second-order valence-electron chi connectivity index (χ2n) is 7.88. The number of fused-ring (bicyclic) bond motifs is 3. The first kappa shape index (κ1) is 18.3. The van der Waals surface area contributed by atoms with E-state index < -0.39 is 0 Å². The molecular formula is C24H24N2O2S. The van der Waals surface area contributed by atoms with Gasteiger partial charge in [-0.1, -0.05) is 29.8 Å². The van der Waals surface area contributed by atoms with Gasteiger partial charge < -0.3 is 14.5 Å². The van der Waals surface area contributed by atoms with E-state index in [1.165, 1.54) is 16.1 Å². The Morgan fingerprint density at radius 1 is 1.10 bits per heavy atom. The van der Waals surface area contributed by atoms with E-state index in [1.54, 1.807) is 11.3 Å². The van der Waals surface area contributed by atoms with Crippen LogP contribution in [0.2, 0.25) is 0 Å². The van der Waals surface area contributed by atoms with Crippen LogP contribution in [0.4, 0.5) is 5.69 Å². The molecule has 5 heteroatoms. The van der Waals surface area contributed by atoms with E-state index in [4.69, 9.17) is 4.74 Å². The van der Waals surface area contributed by atoms with Crippen LogP contribution in [0, 0.1) is 6.92 Å². The van der Waals surface area contributed by atoms with Crippen molar-refractivity contribution >= 4 is 22.9 Å². The van der Waals surface area contributed by atoms with Gasteiger partial charge >= 0.3 is 0 Å². The van der Waals surface area contributed by atoms with E-state index in [1.807, 2.05) is 29.2 Å². The van der Waals surface area contributed by atoms with Crippen molar-refractivity contribution in [2.24, 2.45) is 0 Å². The summed E-state index contributed by atoms with van der Waals surface area (Å²) >= 11 is 1.59. The summed E-state index contributed by atoms with van der Waals surface area (Å²) in [5, 5.41) is 0. The summed E-state index contributed by atoms with van der Waals surface area (Å²) in [6.07, 6.45) is 0. The molecule has 1 fully saturated rings. The molecule has 0 bridgehead atoms. The SMILES string of the molecule is Cc1ccc(N2CCN(C(=O)c3cc4c(s3)-c3ccccc3OC4)CC2C)cc1. The first-order chi connectivity index (χ1) is 14.1. The lowest BCUT2D eigenvalue weighted by Gasteiger charge is -2.41. The number of carbonyl (C=O) groups excluding carboxylic acids is 1. The summed E-state index contributed by atoms with van der Waals surface area (Å²) < 4.78 is 5.85. The van der Waals surface area contributed by atoms with Crippen molar-refractivity contribution in [3.05, 3.63) is 70.6 Å². The fourth-order valence-corrected chi connectivity index (χ4v) is 5.39. The summed E-state index contributed by atoms with van der Waals surface area (Å²) in [4.78, 5) is 19.6. The molecule has 148 valence electrons. The quantitative estimate of drug-likeness (QED) is 0.605. The molecule has 2 aromatic carbocycles. The molecule has 4 nitrogen and oxygen atoms in total. The van der Waals surface area contributed by atoms with Gasteiger partial charge in [0.25, 0.3) is 5.91 Å². The molecule has 0 saturated carbocycles. The third-order valence-corrected chi connectivity index (χ3v) is 7.01. The third kappa shape index (κ3) is 3.29. The maximum atomic E-state index is 13.2. The van der Waals surface area contributed by atoms with Crippen LogP contribution in [0.25, 0.3) is 10.4 Å². The summed E-state index contributed by atoms with van der Waals surface area (Å²) in [6.45, 7) is 7.17. The number of thiophene rings is 1. The Hall–Kier alpha value is -2.79. The Morgan fingerprint density at radius 3 is 2.69 bits per heavy atom. The van der Waals surface area contributed by atoms with Crippen LogP contribution in [0.1, 0.15) is 27.7 Å². The highest BCUT2D eigenvalue weighted by Gasteiger charge is 2.30. The summed E-state index contributed by atoms with van der Waals surface area (Å²) in [5.74, 6) is 1.04. The molecule has 1 unspecified atom stereocenters. The number of ether oxygens (including phenoxy) is 1. The smallest absolute Gasteiger partial charge is 0.264 e. The van der Waals surface area contributed by atoms with E-state index in [0.717, 1.165) is 41.4 Å². The monoisotopic (exact) mass is 404 g/mol. The Labute approximate surface area is 175 Å². The van der Waals surface area contributed by atoms with Gasteiger partial charge in [0.15, 0.2) is 0 Å². The topological polar surface area (TPSA) is 32.8 Å². The van der Waals surface area contributed by atoms with Gasteiger partial charge in [-0.15, -0.1) is 11.3 Å². The van der Waals surface area contributed by atoms with Crippen molar-refractivity contribution in [3.63, 3.8) is 0 Å². The van der Waals surface area contributed by atoms with E-state index >= 15 is 0 Å². The van der Waals surface area contributed by atoms with E-state index in [-0.39, 0.29) is 11.9 Å². The first-order valence-electron chi connectivity index (χ1n) is 10.1. The molecule has 3 aromatic rings. The number of para-hydroxylation sites is 1. The van der Waals surface area contributed by atoms with Crippen LogP contribution in [0.15, 0.2) is 54.6 Å². The lowest BCUT2D eigenvalue weighted by Crippen LogP contribution is -2.53. The predicted molar refractivity (Wildman–Crippen MR) is 118 cm³/mol. The zero-order valence-corrected chi connectivity index (χ0v) is 17.5. The van der Waals surface area contributed by atoms with Crippen LogP contribution in [0.3, 0.4) is 0 Å². The average Bonchev–Trinajstić information content (AvgIpc) is 3.19. The molecule has 2 aliphatic rings. The molecule has 0 N–H and O–H groups in total. The molecule has 29 heavy (non-hydrogen) atoms. The van der Waals surface area contributed by atoms with Crippen molar-refractivity contribution in [2.45, 2.75) is 26.5 Å². The fraction of sp³-hybridized carbons (Fsp3) is 0.292. The highest BCUT2D eigenvalue weighted by molar-refractivity contribution is 7.17. The fourth-order valence-electron chi connectivity index (χ4n) is 4.22. The van der Waals surface area contributed by atoms with Crippen LogP contribution >= 0.6 is 11.3 Å². The van der Waals surface area contributed by atoms with Crippen molar-refractivity contribution in [2.75, 3.05) is 24.5 Å². The van der Waals surface area contributed by atoms with Crippen LogP contribution < -0.4 is 9.64 Å². The maximum absolute atomic E-state index is 13.2. The number of aryl methyl sites for hydroxylation is 1. The predicted octanol–water partition coefficient (Wildman–Crippen LogP) is 4.97. The lowest BCUT2D eigenvalue weighted by molar-refractivity contribution is 0.0731. The Morgan fingerprint density at radius 2 is 1.90 bits per heavy atom. The average molecular weight is 405 g/mol. The standard InChI is InChI=1S/C24H24N2O2S/c1-16-7-9-19(10-8-16)26-12-11-25(14-17(26)2)24(27)22-13-18-15-28-21-6-4-3-5-20(21)23(18)29-22/h3-10,13,17H,11-12,14-15H2,1-2H3. The number of hydrogen-bond donors (Lipinski definition) is 0. The lowest BCUT2D eigenvalue weighted by atomic mass is 10.1. The first-order valence-corrected chi connectivity index (χ1v) is 10.9. The summed E-state index contributed by atoms with van der Waals surface area (Å²) in [6, 6.07) is 19.0. The van der Waals surface area contributed by atoms with E-state index in [0.29, 0.717) is 6.61 Å². The number of rotatable bonds is 2. The van der Waals surface area contributed by atoms with Crippen LogP contribution in [-0.2, 0) is 6.61 Å². The maximum Gasteiger partial charge on any atom is 0.264 e. The summed E-state index contributed by atoms with van der Waals surface area (Å²) in [5.41, 5.74) is 4.71. The van der Waals surface area contributed by atoms with Gasteiger partial charge in [-0.05, 0) is 44.2 Å². The molecule has 0 spiro atoms. The molecular weight excluding hydrogens is 380 g/mol. The summed E-state index contributed by atoms with van der Waals surface area (Å²) in [7, 11) is 0. The van der Waals surface area contributed by atoms with Gasteiger partial charge in [0.2, 0.25) is 0 Å². The molecule has 5 rings (SSSR count). The molecule has 0 aliphatic carbocycles. The van der Waals surface area contributed by atoms with Gasteiger partial charge in [-0.3, -0.25) is 4.79 Å². The van der Waals surface area contributed by atoms with Gasteiger partial charge in [-0.25, -0.2) is 0 Å².